The second kappa shape index (κ2) is 3.66. The summed E-state index contributed by atoms with van der Waals surface area (Å²) in [5.41, 5.74) is 6.04. The molecule has 82 valence electrons. The van der Waals surface area contributed by atoms with Crippen LogP contribution in [0.15, 0.2) is 12.4 Å². The number of rotatable bonds is 1. The topological polar surface area (TPSA) is 64.2 Å². The van der Waals surface area contributed by atoms with Crippen LogP contribution in [-0.4, -0.2) is 33.4 Å². The molecule has 2 atom stereocenters. The first-order valence-electron chi connectivity index (χ1n) is 5.09. The van der Waals surface area contributed by atoms with Gasteiger partial charge in [0.2, 0.25) is 5.91 Å². The van der Waals surface area contributed by atoms with Crippen LogP contribution in [0, 0.1) is 0 Å². The van der Waals surface area contributed by atoms with Gasteiger partial charge in [0.25, 0.3) is 0 Å². The predicted molar refractivity (Wildman–Crippen MR) is 55.9 cm³/mol. The van der Waals surface area contributed by atoms with Gasteiger partial charge in [-0.2, -0.15) is 0 Å². The fraction of sp³-hybridized carbons (Fsp3) is 0.600. The molecule has 1 aromatic rings. The van der Waals surface area contributed by atoms with E-state index in [0.717, 1.165) is 12.2 Å². The molecule has 0 radical (unpaired) electrons. The lowest BCUT2D eigenvalue weighted by Gasteiger charge is -2.36. The number of imidazole rings is 1. The highest BCUT2D eigenvalue weighted by atomic mass is 16.2. The SMILES string of the molecule is CN1C(=O)CCC(N)C1c1nccn1C. The number of likely N-dealkylation sites (tertiary alicyclic amines) is 1. The maximum atomic E-state index is 11.6. The minimum atomic E-state index is -0.0914. The molecule has 2 N–H and O–H groups in total. The third-order valence-electron chi connectivity index (χ3n) is 3.03. The fourth-order valence-corrected chi connectivity index (χ4v) is 2.09. The van der Waals surface area contributed by atoms with Crippen molar-refractivity contribution in [1.29, 1.82) is 0 Å². The van der Waals surface area contributed by atoms with Crippen LogP contribution < -0.4 is 5.73 Å². The van der Waals surface area contributed by atoms with Crippen LogP contribution >= 0.6 is 0 Å². The average molecular weight is 208 g/mol. The van der Waals surface area contributed by atoms with Gasteiger partial charge in [-0.25, -0.2) is 4.98 Å². The summed E-state index contributed by atoms with van der Waals surface area (Å²) in [5.74, 6) is 1.00. The molecular weight excluding hydrogens is 192 g/mol. The normalized spacial score (nSPS) is 27.1. The van der Waals surface area contributed by atoms with Gasteiger partial charge in [0.1, 0.15) is 11.9 Å². The van der Waals surface area contributed by atoms with E-state index in [1.165, 1.54) is 0 Å². The van der Waals surface area contributed by atoms with Crippen LogP contribution in [0.25, 0.3) is 0 Å². The quantitative estimate of drug-likeness (QED) is 0.708. The van der Waals surface area contributed by atoms with Gasteiger partial charge in [-0.3, -0.25) is 4.79 Å². The maximum Gasteiger partial charge on any atom is 0.223 e. The van der Waals surface area contributed by atoms with E-state index in [2.05, 4.69) is 4.98 Å². The monoisotopic (exact) mass is 208 g/mol. The highest BCUT2D eigenvalue weighted by Crippen LogP contribution is 2.27. The predicted octanol–water partition coefficient (Wildman–Crippen LogP) is 0.0407. The third kappa shape index (κ3) is 1.63. The zero-order valence-electron chi connectivity index (χ0n) is 9.05. The van der Waals surface area contributed by atoms with E-state index in [-0.39, 0.29) is 18.0 Å². The molecule has 2 rings (SSSR count). The number of aromatic nitrogens is 2. The van der Waals surface area contributed by atoms with Crippen LogP contribution in [0.1, 0.15) is 24.7 Å². The molecule has 0 spiro atoms. The van der Waals surface area contributed by atoms with Crippen molar-refractivity contribution < 1.29 is 4.79 Å². The Kier molecular flexibility index (Phi) is 2.48. The van der Waals surface area contributed by atoms with Crippen molar-refractivity contribution in [2.75, 3.05) is 7.05 Å². The van der Waals surface area contributed by atoms with Crippen molar-refractivity contribution >= 4 is 5.91 Å². The van der Waals surface area contributed by atoms with Gasteiger partial charge in [0.15, 0.2) is 0 Å². The van der Waals surface area contributed by atoms with Gasteiger partial charge in [0, 0.05) is 39.0 Å². The average Bonchev–Trinajstić information content (AvgIpc) is 2.60. The number of likely N-dealkylation sites (N-methyl/N-ethyl adjacent to an activating group) is 1. The second-order valence-electron chi connectivity index (χ2n) is 4.05. The Morgan fingerprint density at radius 3 is 2.87 bits per heavy atom. The Hall–Kier alpha value is -1.36. The van der Waals surface area contributed by atoms with Crippen LogP contribution in [-0.2, 0) is 11.8 Å². The van der Waals surface area contributed by atoms with Gasteiger partial charge in [0.05, 0.1) is 0 Å². The first kappa shape index (κ1) is 10.2. The molecule has 0 bridgehead atoms. The largest absolute Gasteiger partial charge is 0.336 e. The number of piperidine rings is 1. The lowest BCUT2D eigenvalue weighted by Crippen LogP contribution is -2.47. The Bertz CT molecular complexity index is 373. The van der Waals surface area contributed by atoms with Crippen LogP contribution in [0.2, 0.25) is 0 Å². The van der Waals surface area contributed by atoms with Crippen molar-refractivity contribution in [3.63, 3.8) is 0 Å². The van der Waals surface area contributed by atoms with E-state index in [1.54, 1.807) is 18.1 Å². The van der Waals surface area contributed by atoms with E-state index in [4.69, 9.17) is 5.73 Å². The van der Waals surface area contributed by atoms with Gasteiger partial charge >= 0.3 is 0 Å². The first-order valence-corrected chi connectivity index (χ1v) is 5.09. The Morgan fingerprint density at radius 2 is 2.27 bits per heavy atom. The summed E-state index contributed by atoms with van der Waals surface area (Å²) in [6.45, 7) is 0. The minimum Gasteiger partial charge on any atom is -0.336 e. The summed E-state index contributed by atoms with van der Waals surface area (Å²) in [6, 6.07) is -0.111. The first-order chi connectivity index (χ1) is 7.11. The fourth-order valence-electron chi connectivity index (χ4n) is 2.09. The lowest BCUT2D eigenvalue weighted by molar-refractivity contribution is -0.135. The maximum absolute atomic E-state index is 11.6. The number of carbonyl (C=O) groups excluding carboxylic acids is 1. The van der Waals surface area contributed by atoms with Crippen LogP contribution in [0.4, 0.5) is 0 Å². The van der Waals surface area contributed by atoms with Gasteiger partial charge < -0.3 is 15.2 Å². The summed E-state index contributed by atoms with van der Waals surface area (Å²) in [6.07, 6.45) is 4.88. The molecular formula is C10H16N4O. The Morgan fingerprint density at radius 1 is 1.53 bits per heavy atom. The highest BCUT2D eigenvalue weighted by Gasteiger charge is 2.34. The van der Waals surface area contributed by atoms with Crippen LogP contribution in [0.3, 0.4) is 0 Å². The van der Waals surface area contributed by atoms with Crippen molar-refractivity contribution in [2.24, 2.45) is 12.8 Å². The molecule has 1 aliphatic rings. The molecule has 1 fully saturated rings. The van der Waals surface area contributed by atoms with Crippen LogP contribution in [0.5, 0.6) is 0 Å². The third-order valence-corrected chi connectivity index (χ3v) is 3.03. The Balaban J connectivity index is 2.33. The molecule has 5 nitrogen and oxygen atoms in total. The molecule has 0 saturated carbocycles. The summed E-state index contributed by atoms with van der Waals surface area (Å²) < 4.78 is 1.92. The smallest absolute Gasteiger partial charge is 0.223 e. The standard InChI is InChI=1S/C10H16N4O/c1-13-6-5-12-10(13)9-7(11)3-4-8(15)14(9)2/h5-7,9H,3-4,11H2,1-2H3. The van der Waals surface area contributed by atoms with E-state index < -0.39 is 0 Å². The number of nitrogens with two attached hydrogens (primary N) is 1. The number of hydrogen-bond donors (Lipinski definition) is 1. The van der Waals surface area contributed by atoms with E-state index >= 15 is 0 Å². The van der Waals surface area contributed by atoms with Gasteiger partial charge in [-0.05, 0) is 6.42 Å². The van der Waals surface area contributed by atoms with E-state index in [1.807, 2.05) is 17.8 Å². The van der Waals surface area contributed by atoms with Crippen molar-refractivity contribution in [3.8, 4) is 0 Å². The molecule has 0 aliphatic carbocycles. The molecule has 1 amide bonds. The summed E-state index contributed by atoms with van der Waals surface area (Å²) in [4.78, 5) is 17.6. The zero-order chi connectivity index (χ0) is 11.0. The van der Waals surface area contributed by atoms with Crippen molar-refractivity contribution in [1.82, 2.24) is 14.5 Å². The number of hydrogen-bond acceptors (Lipinski definition) is 3. The molecule has 15 heavy (non-hydrogen) atoms. The number of amides is 1. The minimum absolute atomic E-state index is 0.0196. The molecule has 2 heterocycles. The number of aryl methyl sites for hydroxylation is 1. The van der Waals surface area contributed by atoms with Gasteiger partial charge in [-0.15, -0.1) is 0 Å². The molecule has 1 aromatic heterocycles. The molecule has 2 unspecified atom stereocenters. The van der Waals surface area contributed by atoms with E-state index in [0.29, 0.717) is 6.42 Å². The summed E-state index contributed by atoms with van der Waals surface area (Å²) in [5, 5.41) is 0. The lowest BCUT2D eigenvalue weighted by atomic mass is 9.96. The number of carbonyl (C=O) groups is 1. The number of nitrogens with zero attached hydrogens (tertiary/aromatic N) is 3. The summed E-state index contributed by atoms with van der Waals surface area (Å²) >= 11 is 0. The zero-order valence-corrected chi connectivity index (χ0v) is 9.05. The van der Waals surface area contributed by atoms with Crippen molar-refractivity contribution in [3.05, 3.63) is 18.2 Å². The molecule has 0 aromatic carbocycles. The van der Waals surface area contributed by atoms with E-state index in [9.17, 15) is 4.79 Å². The molecule has 1 aliphatic heterocycles. The van der Waals surface area contributed by atoms with Gasteiger partial charge in [-0.1, -0.05) is 0 Å². The molecule has 5 heteroatoms. The van der Waals surface area contributed by atoms with Crippen molar-refractivity contribution in [2.45, 2.75) is 24.9 Å². The highest BCUT2D eigenvalue weighted by molar-refractivity contribution is 5.77. The summed E-state index contributed by atoms with van der Waals surface area (Å²) in [7, 11) is 3.71. The second-order valence-corrected chi connectivity index (χ2v) is 4.05. The Labute approximate surface area is 88.9 Å². The molecule has 1 saturated heterocycles.